The van der Waals surface area contributed by atoms with Crippen LogP contribution in [0.5, 0.6) is 0 Å². The lowest BCUT2D eigenvalue weighted by atomic mass is 9.91. The van der Waals surface area contributed by atoms with Crippen molar-refractivity contribution >= 4 is 6.03 Å². The van der Waals surface area contributed by atoms with Crippen LogP contribution in [0.15, 0.2) is 60.7 Å². The van der Waals surface area contributed by atoms with Crippen molar-refractivity contribution in [1.29, 1.82) is 0 Å². The van der Waals surface area contributed by atoms with Crippen LogP contribution in [0.2, 0.25) is 0 Å². The van der Waals surface area contributed by atoms with Crippen molar-refractivity contribution in [2.24, 2.45) is 0 Å². The van der Waals surface area contributed by atoms with Gasteiger partial charge in [-0.05, 0) is 44.0 Å². The van der Waals surface area contributed by atoms with Crippen molar-refractivity contribution in [3.05, 3.63) is 71.8 Å². The van der Waals surface area contributed by atoms with Crippen molar-refractivity contribution < 1.29 is 4.79 Å². The number of amides is 2. The second-order valence-electron chi connectivity index (χ2n) is 6.66. The Labute approximate surface area is 143 Å². The minimum Gasteiger partial charge on any atom is -0.333 e. The summed E-state index contributed by atoms with van der Waals surface area (Å²) in [6.45, 7) is 4.00. The zero-order chi connectivity index (χ0) is 16.8. The van der Waals surface area contributed by atoms with Gasteiger partial charge in [-0.1, -0.05) is 60.7 Å². The van der Waals surface area contributed by atoms with Crippen molar-refractivity contribution in [3.63, 3.8) is 0 Å². The normalized spacial score (nSPS) is 16.6. The molecule has 126 valence electrons. The van der Waals surface area contributed by atoms with Crippen LogP contribution in [0.1, 0.15) is 36.9 Å². The first-order valence-corrected chi connectivity index (χ1v) is 8.56. The Morgan fingerprint density at radius 3 is 1.96 bits per heavy atom. The standard InChI is InChI=1S/C20H25N3O/c1-20(12-14-21-15-13-20)23-19(24)22-18(16-8-4-2-5-9-16)17-10-6-3-7-11-17/h2-11,18,21H,12-15H2,1H3,(H2,22,23,24). The van der Waals surface area contributed by atoms with Crippen LogP contribution >= 0.6 is 0 Å². The number of hydrogen-bond acceptors (Lipinski definition) is 2. The van der Waals surface area contributed by atoms with Gasteiger partial charge < -0.3 is 16.0 Å². The number of nitrogens with one attached hydrogen (secondary N) is 3. The highest BCUT2D eigenvalue weighted by Crippen LogP contribution is 2.22. The Kier molecular flexibility index (Phi) is 5.16. The molecule has 2 amide bonds. The second-order valence-corrected chi connectivity index (χ2v) is 6.66. The summed E-state index contributed by atoms with van der Waals surface area (Å²) in [6.07, 6.45) is 1.89. The zero-order valence-corrected chi connectivity index (χ0v) is 14.1. The third kappa shape index (κ3) is 4.15. The average Bonchev–Trinajstić information content (AvgIpc) is 2.61. The quantitative estimate of drug-likeness (QED) is 0.809. The first-order chi connectivity index (χ1) is 11.7. The van der Waals surface area contributed by atoms with Crippen molar-refractivity contribution in [3.8, 4) is 0 Å². The predicted molar refractivity (Wildman–Crippen MR) is 96.9 cm³/mol. The number of piperidine rings is 1. The average molecular weight is 323 g/mol. The molecule has 4 heteroatoms. The Morgan fingerprint density at radius 1 is 0.958 bits per heavy atom. The smallest absolute Gasteiger partial charge is 0.315 e. The summed E-state index contributed by atoms with van der Waals surface area (Å²) < 4.78 is 0. The molecule has 0 saturated carbocycles. The van der Waals surface area contributed by atoms with Gasteiger partial charge in [0, 0.05) is 5.54 Å². The lowest BCUT2D eigenvalue weighted by Crippen LogP contribution is -2.55. The maximum atomic E-state index is 12.6. The number of rotatable bonds is 4. The molecule has 1 aliphatic rings. The molecule has 0 radical (unpaired) electrons. The summed E-state index contributed by atoms with van der Waals surface area (Å²) in [5.41, 5.74) is 2.01. The SMILES string of the molecule is CC1(NC(=O)NC(c2ccccc2)c2ccccc2)CCNCC1. The summed E-state index contributed by atoms with van der Waals surface area (Å²) in [4.78, 5) is 12.6. The molecule has 0 aliphatic carbocycles. The van der Waals surface area contributed by atoms with E-state index in [1.807, 2.05) is 60.7 Å². The minimum absolute atomic E-state index is 0.114. The van der Waals surface area contributed by atoms with Crippen LogP contribution < -0.4 is 16.0 Å². The first kappa shape index (κ1) is 16.5. The van der Waals surface area contributed by atoms with Crippen LogP contribution in [-0.4, -0.2) is 24.7 Å². The molecule has 2 aromatic carbocycles. The molecule has 0 unspecified atom stereocenters. The van der Waals surface area contributed by atoms with Gasteiger partial charge in [0.25, 0.3) is 0 Å². The molecule has 2 aromatic rings. The van der Waals surface area contributed by atoms with Gasteiger partial charge in [0.05, 0.1) is 6.04 Å². The molecule has 0 atom stereocenters. The van der Waals surface area contributed by atoms with Crippen LogP contribution in [-0.2, 0) is 0 Å². The number of carbonyl (C=O) groups excluding carboxylic acids is 1. The van der Waals surface area contributed by atoms with E-state index in [1.165, 1.54) is 0 Å². The fourth-order valence-corrected chi connectivity index (χ4v) is 3.19. The summed E-state index contributed by atoms with van der Waals surface area (Å²) in [7, 11) is 0. The number of benzene rings is 2. The van der Waals surface area contributed by atoms with Gasteiger partial charge in [0.2, 0.25) is 0 Å². The van der Waals surface area contributed by atoms with Crippen LogP contribution in [0, 0.1) is 0 Å². The third-order valence-corrected chi connectivity index (χ3v) is 4.66. The lowest BCUT2D eigenvalue weighted by molar-refractivity contribution is 0.212. The topological polar surface area (TPSA) is 53.2 Å². The van der Waals surface area contributed by atoms with Crippen LogP contribution in [0.3, 0.4) is 0 Å². The molecule has 1 heterocycles. The van der Waals surface area contributed by atoms with Crippen molar-refractivity contribution in [1.82, 2.24) is 16.0 Å². The van der Waals surface area contributed by atoms with Gasteiger partial charge in [0.15, 0.2) is 0 Å². The third-order valence-electron chi connectivity index (χ3n) is 4.66. The first-order valence-electron chi connectivity index (χ1n) is 8.56. The van der Waals surface area contributed by atoms with Gasteiger partial charge in [-0.15, -0.1) is 0 Å². The minimum atomic E-state index is -0.155. The van der Waals surface area contributed by atoms with E-state index in [9.17, 15) is 4.79 Å². The summed E-state index contributed by atoms with van der Waals surface area (Å²) in [6, 6.07) is 19.9. The Balaban J connectivity index is 1.76. The van der Waals surface area contributed by atoms with E-state index in [0.717, 1.165) is 37.1 Å². The molecule has 1 saturated heterocycles. The molecular weight excluding hydrogens is 298 g/mol. The fraction of sp³-hybridized carbons (Fsp3) is 0.350. The molecule has 1 aliphatic heterocycles. The molecule has 0 aromatic heterocycles. The molecule has 3 rings (SSSR count). The monoisotopic (exact) mass is 323 g/mol. The second kappa shape index (κ2) is 7.49. The largest absolute Gasteiger partial charge is 0.333 e. The molecule has 0 bridgehead atoms. The van der Waals surface area contributed by atoms with Crippen LogP contribution in [0.4, 0.5) is 4.79 Å². The van der Waals surface area contributed by atoms with Gasteiger partial charge >= 0.3 is 6.03 Å². The zero-order valence-electron chi connectivity index (χ0n) is 14.1. The van der Waals surface area contributed by atoms with Gasteiger partial charge in [-0.25, -0.2) is 4.79 Å². The van der Waals surface area contributed by atoms with E-state index < -0.39 is 0 Å². The molecule has 0 spiro atoms. The maximum Gasteiger partial charge on any atom is 0.315 e. The van der Waals surface area contributed by atoms with Crippen molar-refractivity contribution in [2.45, 2.75) is 31.3 Å². The van der Waals surface area contributed by atoms with Gasteiger partial charge in [0.1, 0.15) is 0 Å². The Hall–Kier alpha value is -2.33. The van der Waals surface area contributed by atoms with E-state index in [0.29, 0.717) is 0 Å². The maximum absolute atomic E-state index is 12.6. The van der Waals surface area contributed by atoms with Crippen LogP contribution in [0.25, 0.3) is 0 Å². The van der Waals surface area contributed by atoms with E-state index in [1.54, 1.807) is 0 Å². The molecular formula is C20H25N3O. The number of hydrogen-bond donors (Lipinski definition) is 3. The highest BCUT2D eigenvalue weighted by atomic mass is 16.2. The van der Waals surface area contributed by atoms with Crippen molar-refractivity contribution in [2.75, 3.05) is 13.1 Å². The number of carbonyl (C=O) groups is 1. The lowest BCUT2D eigenvalue weighted by Gasteiger charge is -2.35. The Bertz CT molecular complexity index is 612. The van der Waals surface area contributed by atoms with E-state index in [4.69, 9.17) is 0 Å². The van der Waals surface area contributed by atoms with E-state index in [2.05, 4.69) is 22.9 Å². The highest BCUT2D eigenvalue weighted by Gasteiger charge is 2.29. The Morgan fingerprint density at radius 2 is 1.46 bits per heavy atom. The molecule has 1 fully saturated rings. The fourth-order valence-electron chi connectivity index (χ4n) is 3.19. The van der Waals surface area contributed by atoms with Gasteiger partial charge in [-0.3, -0.25) is 0 Å². The van der Waals surface area contributed by atoms with Gasteiger partial charge in [-0.2, -0.15) is 0 Å². The molecule has 24 heavy (non-hydrogen) atoms. The molecule has 4 nitrogen and oxygen atoms in total. The van der Waals surface area contributed by atoms with E-state index in [-0.39, 0.29) is 17.6 Å². The number of urea groups is 1. The predicted octanol–water partition coefficient (Wildman–Crippen LogP) is 3.22. The highest BCUT2D eigenvalue weighted by molar-refractivity contribution is 5.76. The summed E-state index contributed by atoms with van der Waals surface area (Å²) in [5.74, 6) is 0. The molecule has 3 N–H and O–H groups in total. The summed E-state index contributed by atoms with van der Waals surface area (Å²) >= 11 is 0. The van der Waals surface area contributed by atoms with E-state index >= 15 is 0 Å². The summed E-state index contributed by atoms with van der Waals surface area (Å²) in [5, 5.41) is 9.66.